The van der Waals surface area contributed by atoms with Gasteiger partial charge in [0.2, 0.25) is 5.43 Å². The Kier molecular flexibility index (Phi) is 4.58. The van der Waals surface area contributed by atoms with Gasteiger partial charge in [0.05, 0.1) is 17.2 Å². The molecule has 122 valence electrons. The maximum atomic E-state index is 12.9. The predicted octanol–water partition coefficient (Wildman–Crippen LogP) is 5.33. The SMILES string of the molecule is CC(C)(C)SN=Cc1c(-c2ccccc2)oc2ccccc2c1=O. The number of fused-ring (bicyclic) bond motifs is 1. The number of hydrogen-bond donors (Lipinski definition) is 0. The van der Waals surface area contributed by atoms with E-state index < -0.39 is 0 Å². The van der Waals surface area contributed by atoms with E-state index in [4.69, 9.17) is 4.42 Å². The summed E-state index contributed by atoms with van der Waals surface area (Å²) < 4.78 is 10.4. The standard InChI is InChI=1S/C20H19NO2S/c1-20(2,3)24-21-13-16-18(22)15-11-7-8-12-17(15)23-19(16)14-9-5-4-6-10-14/h4-13H,1-3H3. The molecule has 0 unspecified atom stereocenters. The van der Waals surface area contributed by atoms with Gasteiger partial charge in [0, 0.05) is 10.3 Å². The highest BCUT2D eigenvalue weighted by atomic mass is 32.2. The van der Waals surface area contributed by atoms with Crippen LogP contribution in [-0.4, -0.2) is 11.0 Å². The lowest BCUT2D eigenvalue weighted by molar-refractivity contribution is 0.618. The summed E-state index contributed by atoms with van der Waals surface area (Å²) in [6, 6.07) is 17.0. The molecule has 0 bridgehead atoms. The molecule has 0 aliphatic heterocycles. The molecule has 0 aliphatic carbocycles. The molecule has 4 heteroatoms. The van der Waals surface area contributed by atoms with Gasteiger partial charge in [-0.3, -0.25) is 4.79 Å². The highest BCUT2D eigenvalue weighted by Gasteiger charge is 2.15. The van der Waals surface area contributed by atoms with E-state index in [1.54, 1.807) is 12.3 Å². The molecule has 0 saturated heterocycles. The second-order valence-electron chi connectivity index (χ2n) is 6.47. The molecule has 0 radical (unpaired) electrons. The van der Waals surface area contributed by atoms with Gasteiger partial charge in [0.1, 0.15) is 11.3 Å². The van der Waals surface area contributed by atoms with Crippen molar-refractivity contribution in [3.05, 3.63) is 70.4 Å². The molecule has 3 nitrogen and oxygen atoms in total. The molecule has 0 spiro atoms. The van der Waals surface area contributed by atoms with Crippen LogP contribution in [0.4, 0.5) is 0 Å². The van der Waals surface area contributed by atoms with Gasteiger partial charge in [-0.25, -0.2) is 4.40 Å². The Morgan fingerprint density at radius 1 is 1.00 bits per heavy atom. The smallest absolute Gasteiger partial charge is 0.202 e. The van der Waals surface area contributed by atoms with Gasteiger partial charge in [0.25, 0.3) is 0 Å². The van der Waals surface area contributed by atoms with Gasteiger partial charge in [-0.2, -0.15) is 0 Å². The van der Waals surface area contributed by atoms with Crippen molar-refractivity contribution in [2.45, 2.75) is 25.5 Å². The minimum absolute atomic E-state index is 0.0134. The van der Waals surface area contributed by atoms with Crippen molar-refractivity contribution >= 4 is 29.1 Å². The van der Waals surface area contributed by atoms with Crippen LogP contribution in [0.1, 0.15) is 26.3 Å². The summed E-state index contributed by atoms with van der Waals surface area (Å²) in [5, 5.41) is 0.569. The van der Waals surface area contributed by atoms with Crippen LogP contribution in [0.15, 0.2) is 68.2 Å². The number of benzene rings is 2. The molecule has 1 aromatic heterocycles. The van der Waals surface area contributed by atoms with Crippen molar-refractivity contribution < 1.29 is 4.42 Å². The number of rotatable bonds is 3. The number of para-hydroxylation sites is 1. The average Bonchev–Trinajstić information content (AvgIpc) is 2.56. The van der Waals surface area contributed by atoms with Crippen molar-refractivity contribution in [2.75, 3.05) is 0 Å². The molecule has 1 heterocycles. The van der Waals surface area contributed by atoms with Crippen LogP contribution in [0.3, 0.4) is 0 Å². The molecule has 3 rings (SSSR count). The molecule has 2 aromatic carbocycles. The summed E-state index contributed by atoms with van der Waals surface area (Å²) in [6.45, 7) is 6.24. The fraction of sp³-hybridized carbons (Fsp3) is 0.200. The second kappa shape index (κ2) is 6.65. The second-order valence-corrected chi connectivity index (χ2v) is 8.09. The number of hydrogen-bond acceptors (Lipinski definition) is 4. The fourth-order valence-corrected chi connectivity index (χ4v) is 2.79. The largest absolute Gasteiger partial charge is 0.455 e. The molecule has 0 N–H and O–H groups in total. The van der Waals surface area contributed by atoms with Crippen molar-refractivity contribution in [3.63, 3.8) is 0 Å². The van der Waals surface area contributed by atoms with E-state index in [2.05, 4.69) is 25.2 Å². The van der Waals surface area contributed by atoms with Gasteiger partial charge in [-0.15, -0.1) is 0 Å². The quantitative estimate of drug-likeness (QED) is 0.479. The van der Waals surface area contributed by atoms with Crippen LogP contribution in [0.2, 0.25) is 0 Å². The minimum atomic E-state index is -0.0611. The van der Waals surface area contributed by atoms with Crippen molar-refractivity contribution in [1.82, 2.24) is 0 Å². The van der Waals surface area contributed by atoms with Gasteiger partial charge in [0.15, 0.2) is 0 Å². The predicted molar refractivity (Wildman–Crippen MR) is 103 cm³/mol. The Balaban J connectivity index is 2.21. The third kappa shape index (κ3) is 3.60. The normalized spacial score (nSPS) is 12.1. The minimum Gasteiger partial charge on any atom is -0.455 e. The van der Waals surface area contributed by atoms with Crippen molar-refractivity contribution in [2.24, 2.45) is 4.40 Å². The molecule has 3 aromatic rings. The van der Waals surface area contributed by atoms with E-state index in [9.17, 15) is 4.79 Å². The zero-order valence-corrected chi connectivity index (χ0v) is 14.8. The summed E-state index contributed by atoms with van der Waals surface area (Å²) in [6.07, 6.45) is 1.62. The molecule has 0 fully saturated rings. The first kappa shape index (κ1) is 16.5. The summed E-state index contributed by atoms with van der Waals surface area (Å²) in [5.41, 5.74) is 1.87. The van der Waals surface area contributed by atoms with Gasteiger partial charge in [-0.05, 0) is 44.9 Å². The lowest BCUT2D eigenvalue weighted by Gasteiger charge is -2.12. The molecule has 0 atom stereocenters. The van der Waals surface area contributed by atoms with E-state index in [0.29, 0.717) is 22.3 Å². The van der Waals surface area contributed by atoms with Gasteiger partial charge < -0.3 is 4.42 Å². The molecule has 0 aliphatic rings. The monoisotopic (exact) mass is 337 g/mol. The van der Waals surface area contributed by atoms with Gasteiger partial charge >= 0.3 is 0 Å². The number of nitrogens with zero attached hydrogens (tertiary/aromatic N) is 1. The molecular weight excluding hydrogens is 318 g/mol. The topological polar surface area (TPSA) is 42.6 Å². The van der Waals surface area contributed by atoms with Crippen LogP contribution >= 0.6 is 11.9 Å². The first-order chi connectivity index (χ1) is 11.5. The molecular formula is C20H19NO2S. The first-order valence-corrected chi connectivity index (χ1v) is 8.56. The summed E-state index contributed by atoms with van der Waals surface area (Å²) in [4.78, 5) is 12.9. The molecule has 24 heavy (non-hydrogen) atoms. The maximum absolute atomic E-state index is 12.9. The Labute approximate surface area is 145 Å². The lowest BCUT2D eigenvalue weighted by Crippen LogP contribution is -2.11. The van der Waals surface area contributed by atoms with Crippen LogP contribution < -0.4 is 5.43 Å². The van der Waals surface area contributed by atoms with Crippen molar-refractivity contribution in [3.8, 4) is 11.3 Å². The third-order valence-corrected chi connectivity index (χ3v) is 4.14. The third-order valence-electron chi connectivity index (χ3n) is 3.38. The zero-order valence-electron chi connectivity index (χ0n) is 13.9. The lowest BCUT2D eigenvalue weighted by atomic mass is 10.1. The van der Waals surface area contributed by atoms with Crippen LogP contribution in [0.5, 0.6) is 0 Å². The first-order valence-electron chi connectivity index (χ1n) is 7.78. The zero-order chi connectivity index (χ0) is 17.2. The Morgan fingerprint density at radius 3 is 2.38 bits per heavy atom. The molecule has 0 amide bonds. The van der Waals surface area contributed by atoms with E-state index in [0.717, 1.165) is 5.56 Å². The molecule has 0 saturated carbocycles. The summed E-state index contributed by atoms with van der Waals surface area (Å²) in [5.74, 6) is 0.553. The highest BCUT2D eigenvalue weighted by Crippen LogP contribution is 2.27. The summed E-state index contributed by atoms with van der Waals surface area (Å²) in [7, 11) is 0. The fourth-order valence-electron chi connectivity index (χ4n) is 2.31. The Morgan fingerprint density at radius 2 is 1.67 bits per heavy atom. The average molecular weight is 337 g/mol. The Bertz CT molecular complexity index is 937. The Hall–Kier alpha value is -2.33. The van der Waals surface area contributed by atoms with E-state index in [1.807, 2.05) is 48.5 Å². The van der Waals surface area contributed by atoms with Crippen LogP contribution in [0.25, 0.3) is 22.3 Å². The summed E-state index contributed by atoms with van der Waals surface area (Å²) >= 11 is 1.44. The highest BCUT2D eigenvalue weighted by molar-refractivity contribution is 7.99. The van der Waals surface area contributed by atoms with Crippen LogP contribution in [-0.2, 0) is 0 Å². The van der Waals surface area contributed by atoms with E-state index in [-0.39, 0.29) is 10.2 Å². The van der Waals surface area contributed by atoms with E-state index >= 15 is 0 Å². The van der Waals surface area contributed by atoms with Gasteiger partial charge in [-0.1, -0.05) is 42.5 Å². The van der Waals surface area contributed by atoms with Crippen LogP contribution in [0, 0.1) is 0 Å². The maximum Gasteiger partial charge on any atom is 0.202 e. The van der Waals surface area contributed by atoms with Crippen molar-refractivity contribution in [1.29, 1.82) is 0 Å². The van der Waals surface area contributed by atoms with E-state index in [1.165, 1.54) is 11.9 Å².